The van der Waals surface area contributed by atoms with Gasteiger partial charge in [-0.2, -0.15) is 0 Å². The molecule has 0 saturated heterocycles. The third kappa shape index (κ3) is 3.79. The van der Waals surface area contributed by atoms with Crippen LogP contribution in [-0.2, 0) is 12.3 Å². The van der Waals surface area contributed by atoms with Crippen molar-refractivity contribution in [2.75, 3.05) is 6.79 Å². The van der Waals surface area contributed by atoms with E-state index in [-0.39, 0.29) is 6.79 Å². The fourth-order valence-electron chi connectivity index (χ4n) is 3.87. The number of allylic oxidation sites excluding steroid dienone is 1. The minimum atomic E-state index is 0.285. The molecule has 2 aromatic heterocycles. The maximum Gasteiger partial charge on any atom is 0.231 e. The maximum absolute atomic E-state index is 5.48. The van der Waals surface area contributed by atoms with Crippen LogP contribution in [0, 0.1) is 0 Å². The third-order valence-corrected chi connectivity index (χ3v) is 7.24. The molecule has 1 aliphatic carbocycles. The van der Waals surface area contributed by atoms with Crippen molar-refractivity contribution in [1.82, 2.24) is 19.7 Å². The molecule has 0 spiro atoms. The summed E-state index contributed by atoms with van der Waals surface area (Å²) in [5, 5.41) is 13.0. The Labute approximate surface area is 178 Å². The number of hydrogen-bond donors (Lipinski definition) is 0. The van der Waals surface area contributed by atoms with Gasteiger partial charge in [-0.05, 0) is 31.0 Å². The molecule has 6 nitrogen and oxygen atoms in total. The van der Waals surface area contributed by atoms with Crippen LogP contribution in [0.1, 0.15) is 43.1 Å². The van der Waals surface area contributed by atoms with Crippen molar-refractivity contribution < 1.29 is 9.47 Å². The van der Waals surface area contributed by atoms with E-state index in [4.69, 9.17) is 14.5 Å². The zero-order valence-corrected chi connectivity index (χ0v) is 17.7. The van der Waals surface area contributed by atoms with Crippen LogP contribution in [0.3, 0.4) is 0 Å². The summed E-state index contributed by atoms with van der Waals surface area (Å²) in [4.78, 5) is 4.80. The van der Waals surface area contributed by atoms with Crippen LogP contribution in [0.5, 0.6) is 11.5 Å². The van der Waals surface area contributed by atoms with Gasteiger partial charge >= 0.3 is 0 Å². The first kappa shape index (κ1) is 18.7. The Morgan fingerprint density at radius 3 is 2.93 bits per heavy atom. The molecule has 1 fully saturated rings. The quantitative estimate of drug-likeness (QED) is 0.379. The predicted octanol–water partition coefficient (Wildman–Crippen LogP) is 5.27. The van der Waals surface area contributed by atoms with E-state index in [1.165, 1.54) is 25.7 Å². The molecule has 0 atom stereocenters. The van der Waals surface area contributed by atoms with Gasteiger partial charge in [-0.25, -0.2) is 4.98 Å². The largest absolute Gasteiger partial charge is 0.454 e. The molecular weight excluding hydrogens is 404 g/mol. The van der Waals surface area contributed by atoms with E-state index in [0.717, 1.165) is 51.0 Å². The van der Waals surface area contributed by atoms with Gasteiger partial charge in [0.05, 0.1) is 5.69 Å². The van der Waals surface area contributed by atoms with Crippen molar-refractivity contribution in [2.45, 2.75) is 49.1 Å². The minimum absolute atomic E-state index is 0.285. The Balaban J connectivity index is 1.30. The Hall–Kier alpha value is -2.32. The average Bonchev–Trinajstić information content (AvgIpc) is 3.53. The minimum Gasteiger partial charge on any atom is -0.454 e. The number of rotatable bonds is 7. The molecular formula is C21H22N4O2S2. The fraction of sp³-hybridized carbons (Fsp3) is 0.381. The first-order valence-corrected chi connectivity index (χ1v) is 11.7. The Morgan fingerprint density at radius 2 is 2.07 bits per heavy atom. The summed E-state index contributed by atoms with van der Waals surface area (Å²) in [5.41, 5.74) is 2.09. The lowest BCUT2D eigenvalue weighted by atomic mass is 10.1. The zero-order valence-electron chi connectivity index (χ0n) is 16.0. The molecule has 0 N–H and O–H groups in total. The number of thioether (sulfide) groups is 1. The molecule has 8 heteroatoms. The van der Waals surface area contributed by atoms with Crippen molar-refractivity contribution in [1.29, 1.82) is 0 Å². The van der Waals surface area contributed by atoms with E-state index in [1.54, 1.807) is 23.1 Å². The molecule has 0 bridgehead atoms. The van der Waals surface area contributed by atoms with Gasteiger partial charge in [-0.1, -0.05) is 30.7 Å². The molecule has 150 valence electrons. The predicted molar refractivity (Wildman–Crippen MR) is 115 cm³/mol. The van der Waals surface area contributed by atoms with E-state index in [0.29, 0.717) is 5.92 Å². The standard InChI is InChI=1S/C21H22N4O2S2/c1-2-9-25-19(14-5-3-4-6-14)23-24-21(25)29-12-16-11-28-20(22-16)15-7-8-17-18(10-15)27-13-26-17/h2,7-8,10-11,14H,1,3-6,9,12-13H2. The summed E-state index contributed by atoms with van der Waals surface area (Å²) in [5.74, 6) is 3.99. The SMILES string of the molecule is C=CCn1c(SCc2csc(-c3ccc4c(c3)OCO4)n2)nnc1C1CCCC1. The van der Waals surface area contributed by atoms with Crippen LogP contribution in [0.2, 0.25) is 0 Å². The summed E-state index contributed by atoms with van der Waals surface area (Å²) in [6, 6.07) is 5.96. The van der Waals surface area contributed by atoms with Crippen molar-refractivity contribution in [3.63, 3.8) is 0 Å². The van der Waals surface area contributed by atoms with Crippen LogP contribution in [0.25, 0.3) is 10.6 Å². The van der Waals surface area contributed by atoms with E-state index < -0.39 is 0 Å². The number of ether oxygens (including phenoxy) is 2. The average molecular weight is 427 g/mol. The lowest BCUT2D eigenvalue weighted by Crippen LogP contribution is -2.07. The molecule has 29 heavy (non-hydrogen) atoms. The number of benzene rings is 1. The summed E-state index contributed by atoms with van der Waals surface area (Å²) in [6.45, 7) is 4.94. The van der Waals surface area contributed by atoms with Crippen molar-refractivity contribution in [2.24, 2.45) is 0 Å². The molecule has 0 radical (unpaired) electrons. The van der Waals surface area contributed by atoms with Gasteiger partial charge in [0.15, 0.2) is 16.7 Å². The van der Waals surface area contributed by atoms with Gasteiger partial charge in [0.25, 0.3) is 0 Å². The Bertz CT molecular complexity index is 1020. The highest BCUT2D eigenvalue weighted by Crippen LogP contribution is 2.38. The summed E-state index contributed by atoms with van der Waals surface area (Å²) in [6.07, 6.45) is 6.92. The Kier molecular flexibility index (Phi) is 5.28. The molecule has 2 aliphatic rings. The molecule has 1 saturated carbocycles. The Morgan fingerprint density at radius 1 is 1.21 bits per heavy atom. The molecule has 1 aromatic carbocycles. The number of fused-ring (bicyclic) bond motifs is 1. The molecule has 1 aliphatic heterocycles. The van der Waals surface area contributed by atoms with E-state index in [1.807, 2.05) is 24.3 Å². The van der Waals surface area contributed by atoms with Crippen LogP contribution in [0.4, 0.5) is 0 Å². The van der Waals surface area contributed by atoms with E-state index in [2.05, 4.69) is 26.7 Å². The second kappa shape index (κ2) is 8.20. The van der Waals surface area contributed by atoms with Crippen LogP contribution >= 0.6 is 23.1 Å². The second-order valence-corrected chi connectivity index (χ2v) is 9.02. The number of thiazole rings is 1. The monoisotopic (exact) mass is 426 g/mol. The van der Waals surface area contributed by atoms with E-state index >= 15 is 0 Å². The molecule has 0 unspecified atom stereocenters. The second-order valence-electron chi connectivity index (χ2n) is 7.22. The normalized spacial score (nSPS) is 15.9. The van der Waals surface area contributed by atoms with E-state index in [9.17, 15) is 0 Å². The highest BCUT2D eigenvalue weighted by Gasteiger charge is 2.24. The zero-order chi connectivity index (χ0) is 19.6. The van der Waals surface area contributed by atoms with Gasteiger partial charge in [0.1, 0.15) is 10.8 Å². The number of aromatic nitrogens is 4. The lowest BCUT2D eigenvalue weighted by molar-refractivity contribution is 0.174. The number of hydrogen-bond acceptors (Lipinski definition) is 7. The van der Waals surface area contributed by atoms with Gasteiger partial charge in [-0.3, -0.25) is 0 Å². The fourth-order valence-corrected chi connectivity index (χ4v) is 5.64. The van der Waals surface area contributed by atoms with Gasteiger partial charge in [0, 0.05) is 29.2 Å². The molecule has 3 aromatic rings. The first-order chi connectivity index (χ1) is 14.3. The van der Waals surface area contributed by atoms with Crippen LogP contribution in [0.15, 0.2) is 41.4 Å². The smallest absolute Gasteiger partial charge is 0.231 e. The third-order valence-electron chi connectivity index (χ3n) is 5.30. The van der Waals surface area contributed by atoms with Gasteiger partial charge < -0.3 is 14.0 Å². The summed E-state index contributed by atoms with van der Waals surface area (Å²) >= 11 is 3.33. The number of nitrogens with zero attached hydrogens (tertiary/aromatic N) is 4. The maximum atomic E-state index is 5.48. The highest BCUT2D eigenvalue weighted by molar-refractivity contribution is 7.98. The van der Waals surface area contributed by atoms with Crippen LogP contribution in [-0.4, -0.2) is 26.5 Å². The summed E-state index contributed by atoms with van der Waals surface area (Å²) in [7, 11) is 0. The van der Waals surface area contributed by atoms with Crippen molar-refractivity contribution in [3.05, 3.63) is 47.8 Å². The molecule has 0 amide bonds. The highest BCUT2D eigenvalue weighted by atomic mass is 32.2. The van der Waals surface area contributed by atoms with Gasteiger partial charge in [0.2, 0.25) is 6.79 Å². The van der Waals surface area contributed by atoms with Crippen molar-refractivity contribution >= 4 is 23.1 Å². The first-order valence-electron chi connectivity index (χ1n) is 9.83. The van der Waals surface area contributed by atoms with Crippen LogP contribution < -0.4 is 9.47 Å². The topological polar surface area (TPSA) is 62.1 Å². The summed E-state index contributed by atoms with van der Waals surface area (Å²) < 4.78 is 13.1. The lowest BCUT2D eigenvalue weighted by Gasteiger charge is -2.11. The van der Waals surface area contributed by atoms with Crippen molar-refractivity contribution in [3.8, 4) is 22.1 Å². The molecule has 5 rings (SSSR count). The van der Waals surface area contributed by atoms with Gasteiger partial charge in [-0.15, -0.1) is 28.1 Å². The molecule has 3 heterocycles.